The lowest BCUT2D eigenvalue weighted by atomic mass is 10.2. The predicted octanol–water partition coefficient (Wildman–Crippen LogP) is 4.02. The van der Waals surface area contributed by atoms with Gasteiger partial charge in [0, 0.05) is 18.2 Å². The number of anilines is 2. The molecule has 12 heteroatoms. The normalized spacial score (nSPS) is 12.2. The molecule has 0 fully saturated rings. The first-order valence-corrected chi connectivity index (χ1v) is 8.10. The fourth-order valence-electron chi connectivity index (χ4n) is 1.98. The lowest BCUT2D eigenvalue weighted by Gasteiger charge is -2.16. The number of nitrogens with zero attached hydrogens (tertiary/aromatic N) is 2. The summed E-state index contributed by atoms with van der Waals surface area (Å²) in [6, 6.07) is 5.48. The quantitative estimate of drug-likeness (QED) is 0.519. The lowest BCUT2D eigenvalue weighted by Crippen LogP contribution is -2.32. The van der Waals surface area contributed by atoms with Crippen LogP contribution in [0.5, 0.6) is 5.88 Å². The zero-order chi connectivity index (χ0) is 20.9. The van der Waals surface area contributed by atoms with Gasteiger partial charge in [0.15, 0.2) is 6.61 Å². The Hall–Kier alpha value is -3.08. The summed E-state index contributed by atoms with van der Waals surface area (Å²) in [5.41, 5.74) is 0.352. The van der Waals surface area contributed by atoms with Gasteiger partial charge in [0.05, 0.1) is 27.5 Å². The van der Waals surface area contributed by atoms with Crippen LogP contribution in [-0.2, 0) is 4.79 Å². The van der Waals surface area contributed by atoms with Gasteiger partial charge in [-0.3, -0.25) is 14.9 Å². The molecule has 0 radical (unpaired) electrons. The second-order valence-corrected chi connectivity index (χ2v) is 5.97. The fraction of sp³-hybridized carbons (Fsp3) is 0.250. The fourth-order valence-corrected chi connectivity index (χ4v) is 2.20. The molecule has 28 heavy (non-hydrogen) atoms. The maximum Gasteiger partial charge on any atom is 0.422 e. The number of carbonyl (C=O) groups is 1. The second-order valence-electron chi connectivity index (χ2n) is 5.57. The van der Waals surface area contributed by atoms with Crippen LogP contribution in [0.3, 0.4) is 0 Å². The number of pyridine rings is 1. The van der Waals surface area contributed by atoms with Crippen molar-refractivity contribution in [1.29, 1.82) is 0 Å². The molecule has 0 aliphatic heterocycles. The number of alkyl halides is 3. The Kier molecular flexibility index (Phi) is 6.62. The van der Waals surface area contributed by atoms with Crippen molar-refractivity contribution in [2.75, 3.05) is 17.2 Å². The molecule has 0 bridgehead atoms. The minimum absolute atomic E-state index is 0.00239. The molecule has 8 nitrogen and oxygen atoms in total. The smallest absolute Gasteiger partial charge is 0.422 e. The minimum atomic E-state index is -4.47. The van der Waals surface area contributed by atoms with Crippen LogP contribution in [0.15, 0.2) is 36.5 Å². The van der Waals surface area contributed by atoms with Crippen molar-refractivity contribution in [3.8, 4) is 5.88 Å². The number of halogens is 4. The topological polar surface area (TPSA) is 106 Å². The molecular formula is C16H14ClF3N4O4. The molecule has 2 aromatic rings. The van der Waals surface area contributed by atoms with Gasteiger partial charge in [0.2, 0.25) is 11.8 Å². The Bertz CT molecular complexity index is 862. The van der Waals surface area contributed by atoms with Crippen molar-refractivity contribution < 1.29 is 27.6 Å². The van der Waals surface area contributed by atoms with Crippen molar-refractivity contribution in [2.24, 2.45) is 0 Å². The third-order valence-electron chi connectivity index (χ3n) is 3.32. The number of hydrogen-bond acceptors (Lipinski definition) is 6. The Balaban J connectivity index is 1.94. The number of nitro benzene ring substituents is 1. The highest BCUT2D eigenvalue weighted by atomic mass is 35.5. The monoisotopic (exact) mass is 418 g/mol. The van der Waals surface area contributed by atoms with E-state index in [0.29, 0.717) is 5.69 Å². The minimum Gasteiger partial charge on any atom is -0.468 e. The molecule has 2 N–H and O–H groups in total. The number of aromatic nitrogens is 1. The molecule has 2 rings (SSSR count). The summed E-state index contributed by atoms with van der Waals surface area (Å²) < 4.78 is 40.8. The summed E-state index contributed by atoms with van der Waals surface area (Å²) in [5, 5.41) is 16.0. The number of nitro groups is 1. The van der Waals surface area contributed by atoms with Crippen LogP contribution in [0.25, 0.3) is 0 Å². The first-order valence-electron chi connectivity index (χ1n) is 7.72. The summed E-state index contributed by atoms with van der Waals surface area (Å²) in [4.78, 5) is 26.0. The summed E-state index contributed by atoms with van der Waals surface area (Å²) >= 11 is 5.92. The van der Waals surface area contributed by atoms with Gasteiger partial charge < -0.3 is 15.4 Å². The summed E-state index contributed by atoms with van der Waals surface area (Å²) in [5.74, 6) is -0.703. The van der Waals surface area contributed by atoms with Crippen LogP contribution in [0.1, 0.15) is 6.92 Å². The molecule has 1 heterocycles. The predicted molar refractivity (Wildman–Crippen MR) is 95.6 cm³/mol. The van der Waals surface area contributed by atoms with Gasteiger partial charge in [0.25, 0.3) is 5.69 Å². The van der Waals surface area contributed by atoms with E-state index in [4.69, 9.17) is 11.6 Å². The Morgan fingerprint density at radius 1 is 1.36 bits per heavy atom. The number of non-ortho nitro benzene ring substituents is 1. The Labute approximate surface area is 161 Å². The van der Waals surface area contributed by atoms with E-state index >= 15 is 0 Å². The van der Waals surface area contributed by atoms with Crippen LogP contribution in [0.2, 0.25) is 5.02 Å². The molecule has 1 atom stereocenters. The van der Waals surface area contributed by atoms with Crippen molar-refractivity contribution in [2.45, 2.75) is 19.1 Å². The van der Waals surface area contributed by atoms with Crippen LogP contribution in [0.4, 0.5) is 30.2 Å². The molecule has 0 aliphatic carbocycles. The van der Waals surface area contributed by atoms with E-state index in [2.05, 4.69) is 20.4 Å². The highest BCUT2D eigenvalue weighted by Gasteiger charge is 2.28. The number of carbonyl (C=O) groups excluding carboxylic acids is 1. The third kappa shape index (κ3) is 6.27. The van der Waals surface area contributed by atoms with E-state index in [9.17, 15) is 28.1 Å². The highest BCUT2D eigenvalue weighted by molar-refractivity contribution is 6.34. The maximum absolute atomic E-state index is 12.2. The van der Waals surface area contributed by atoms with Gasteiger partial charge >= 0.3 is 6.18 Å². The largest absolute Gasteiger partial charge is 0.468 e. The average Bonchev–Trinajstić information content (AvgIpc) is 2.61. The molecule has 1 aromatic heterocycles. The van der Waals surface area contributed by atoms with E-state index in [1.807, 2.05) is 0 Å². The highest BCUT2D eigenvalue weighted by Crippen LogP contribution is 2.27. The van der Waals surface area contributed by atoms with E-state index in [1.54, 1.807) is 0 Å². The standard InChI is InChI=1S/C16H14ClF3N4O4/c1-9(15(25)23-13-4-3-11(24(26)27)6-12(13)17)22-10-2-5-14(21-7-10)28-8-16(18,19)20/h2-7,9,22H,8H2,1H3,(H,23,25). The van der Waals surface area contributed by atoms with Gasteiger partial charge in [-0.15, -0.1) is 0 Å². The SMILES string of the molecule is CC(Nc1ccc(OCC(F)(F)F)nc1)C(=O)Nc1ccc([N+](=O)[O-])cc1Cl. The number of rotatable bonds is 7. The van der Waals surface area contributed by atoms with Crippen LogP contribution in [0, 0.1) is 10.1 Å². The maximum atomic E-state index is 12.2. The number of ether oxygens (including phenoxy) is 1. The Morgan fingerprint density at radius 2 is 2.07 bits per heavy atom. The number of hydrogen-bond donors (Lipinski definition) is 2. The second kappa shape index (κ2) is 8.74. The number of benzene rings is 1. The molecule has 0 spiro atoms. The summed E-state index contributed by atoms with van der Waals surface area (Å²) in [7, 11) is 0. The van der Waals surface area contributed by atoms with Crippen molar-refractivity contribution in [3.63, 3.8) is 0 Å². The first kappa shape index (κ1) is 21.2. The van der Waals surface area contributed by atoms with Gasteiger partial charge in [0.1, 0.15) is 6.04 Å². The molecule has 1 aromatic carbocycles. The third-order valence-corrected chi connectivity index (χ3v) is 3.63. The van der Waals surface area contributed by atoms with Gasteiger partial charge in [-0.05, 0) is 19.1 Å². The molecule has 0 aliphatic rings. The molecule has 150 valence electrons. The molecule has 1 amide bonds. The van der Waals surface area contributed by atoms with Gasteiger partial charge in [-0.1, -0.05) is 11.6 Å². The number of nitrogens with one attached hydrogen (secondary N) is 2. The Morgan fingerprint density at radius 3 is 2.61 bits per heavy atom. The van der Waals surface area contributed by atoms with E-state index < -0.39 is 29.7 Å². The molecule has 0 saturated heterocycles. The van der Waals surface area contributed by atoms with E-state index in [1.165, 1.54) is 37.4 Å². The summed E-state index contributed by atoms with van der Waals surface area (Å²) in [6.07, 6.45) is -3.25. The molecule has 0 saturated carbocycles. The molecular weight excluding hydrogens is 405 g/mol. The van der Waals surface area contributed by atoms with Crippen LogP contribution >= 0.6 is 11.6 Å². The average molecular weight is 419 g/mol. The lowest BCUT2D eigenvalue weighted by molar-refractivity contribution is -0.384. The zero-order valence-corrected chi connectivity index (χ0v) is 15.0. The van der Waals surface area contributed by atoms with E-state index in [-0.39, 0.29) is 22.3 Å². The van der Waals surface area contributed by atoms with Crippen molar-refractivity contribution in [3.05, 3.63) is 51.7 Å². The van der Waals surface area contributed by atoms with Gasteiger partial charge in [-0.25, -0.2) is 4.98 Å². The van der Waals surface area contributed by atoms with Crippen LogP contribution < -0.4 is 15.4 Å². The summed E-state index contributed by atoms with van der Waals surface area (Å²) in [6.45, 7) is 0.0737. The van der Waals surface area contributed by atoms with Gasteiger partial charge in [-0.2, -0.15) is 13.2 Å². The molecule has 1 unspecified atom stereocenters. The van der Waals surface area contributed by atoms with Crippen molar-refractivity contribution >= 4 is 34.6 Å². The first-order chi connectivity index (χ1) is 13.0. The van der Waals surface area contributed by atoms with Crippen molar-refractivity contribution in [1.82, 2.24) is 4.98 Å². The zero-order valence-electron chi connectivity index (χ0n) is 14.3. The number of amides is 1. The van der Waals surface area contributed by atoms with Crippen LogP contribution in [-0.4, -0.2) is 34.6 Å². The van der Waals surface area contributed by atoms with E-state index in [0.717, 1.165) is 6.07 Å².